The van der Waals surface area contributed by atoms with Crippen LogP contribution in [0.2, 0.25) is 0 Å². The topological polar surface area (TPSA) is 86.2 Å². The van der Waals surface area contributed by atoms with Crippen molar-refractivity contribution in [1.82, 2.24) is 38.7 Å². The molecule has 0 fully saturated rings. The van der Waals surface area contributed by atoms with Crippen molar-refractivity contribution in [1.29, 1.82) is 0 Å². The van der Waals surface area contributed by atoms with E-state index in [0.717, 1.165) is 67.1 Å². The molecule has 0 aliphatic heterocycles. The molecule has 0 aliphatic carbocycles. The third kappa shape index (κ3) is 14.7. The molecular formula is C82H54Ir2N8. The summed E-state index contributed by atoms with van der Waals surface area (Å²) in [5, 5.41) is 14.1. The van der Waals surface area contributed by atoms with Crippen LogP contribution in [0.5, 0.6) is 0 Å². The van der Waals surface area contributed by atoms with Gasteiger partial charge in [0.15, 0.2) is 0 Å². The number of rotatable bonds is 4. The van der Waals surface area contributed by atoms with Crippen molar-refractivity contribution in [2.45, 2.75) is 0 Å². The number of benzene rings is 10. The molecule has 0 radical (unpaired) electrons. The Kier molecular flexibility index (Phi) is 21.1. The van der Waals surface area contributed by atoms with Gasteiger partial charge in [0.1, 0.15) is 0 Å². The first-order chi connectivity index (χ1) is 44.7. The van der Waals surface area contributed by atoms with Crippen LogP contribution in [0.15, 0.2) is 329 Å². The zero-order valence-corrected chi connectivity index (χ0v) is 54.2. The molecule has 0 bridgehead atoms. The Hall–Kier alpha value is -11.0. The van der Waals surface area contributed by atoms with Crippen molar-refractivity contribution in [3.63, 3.8) is 0 Å². The maximum Gasteiger partial charge on any atom is 3.00 e. The second-order valence-electron chi connectivity index (χ2n) is 20.6. The first-order valence-corrected chi connectivity index (χ1v) is 29.4. The fraction of sp³-hybridized carbons (Fsp3) is 0. The number of hydrogen-bond donors (Lipinski definition) is 0. The molecule has 8 nitrogen and oxygen atoms in total. The molecule has 0 aliphatic rings. The third-order valence-corrected chi connectivity index (χ3v) is 14.9. The standard InChI is InChI=1S/4C15H10N.2C11H7N2.2Ir/c4*1-2-7-13(8-3-1)15-14-9-5-4-6-12(14)10-11-16-15;2*1-2-4-10-9(3-1)5-7-13-8-6-12-11(10)13;;/h4*1-7,9-11H;2*1-3,5-8H;;/q6*-1;2*+3. The number of nitrogens with zero attached hydrogens (tertiary/aromatic N) is 8. The third-order valence-electron chi connectivity index (χ3n) is 14.9. The van der Waals surface area contributed by atoms with Crippen LogP contribution in [0.4, 0.5) is 0 Å². The predicted molar refractivity (Wildman–Crippen MR) is 367 cm³/mol. The molecule has 0 unspecified atom stereocenters. The van der Waals surface area contributed by atoms with Gasteiger partial charge >= 0.3 is 40.2 Å². The molecule has 0 atom stereocenters. The Morgan fingerprint density at radius 3 is 0.783 bits per heavy atom. The summed E-state index contributed by atoms with van der Waals surface area (Å²) in [5.41, 5.74) is 10.1. The van der Waals surface area contributed by atoms with Crippen molar-refractivity contribution < 1.29 is 40.2 Å². The monoisotopic (exact) mass is 1540 g/mol. The van der Waals surface area contributed by atoms with Crippen LogP contribution in [0.25, 0.3) is 121 Å². The fourth-order valence-electron chi connectivity index (χ4n) is 10.6. The van der Waals surface area contributed by atoms with E-state index in [-0.39, 0.29) is 40.2 Å². The predicted octanol–water partition coefficient (Wildman–Crippen LogP) is 19.4. The van der Waals surface area contributed by atoms with Crippen molar-refractivity contribution in [2.24, 2.45) is 0 Å². The average molecular weight is 1540 g/mol. The van der Waals surface area contributed by atoms with Gasteiger partial charge in [-0.25, -0.2) is 0 Å². The van der Waals surface area contributed by atoms with Gasteiger partial charge in [-0.1, -0.05) is 109 Å². The summed E-state index contributed by atoms with van der Waals surface area (Å²) in [5.74, 6) is 0. The van der Waals surface area contributed by atoms with E-state index >= 15 is 0 Å². The van der Waals surface area contributed by atoms with Crippen LogP contribution >= 0.6 is 0 Å². The second kappa shape index (κ2) is 31.0. The maximum atomic E-state index is 4.45. The minimum Gasteiger partial charge on any atom is -0.347 e. The molecule has 18 aromatic rings. The van der Waals surface area contributed by atoms with Crippen LogP contribution in [0.3, 0.4) is 0 Å². The molecule has 0 spiro atoms. The summed E-state index contributed by atoms with van der Waals surface area (Å²) in [6, 6.07) is 108. The van der Waals surface area contributed by atoms with Crippen molar-refractivity contribution in [2.75, 3.05) is 0 Å². The molecule has 18 rings (SSSR count). The largest absolute Gasteiger partial charge is 3.00 e. The van der Waals surface area contributed by atoms with Crippen LogP contribution < -0.4 is 0 Å². The van der Waals surface area contributed by atoms with E-state index in [0.29, 0.717) is 0 Å². The van der Waals surface area contributed by atoms with E-state index in [1.165, 1.54) is 53.9 Å². The Morgan fingerprint density at radius 2 is 0.489 bits per heavy atom. The number of hydrogen-bond acceptors (Lipinski definition) is 6. The maximum absolute atomic E-state index is 4.45. The Labute approximate surface area is 561 Å². The molecule has 10 aromatic carbocycles. The minimum atomic E-state index is 0. The Morgan fingerprint density at radius 1 is 0.217 bits per heavy atom. The van der Waals surface area contributed by atoms with Gasteiger partial charge in [0.25, 0.3) is 0 Å². The normalized spacial score (nSPS) is 10.4. The van der Waals surface area contributed by atoms with Crippen LogP contribution in [0, 0.1) is 36.4 Å². The summed E-state index contributed by atoms with van der Waals surface area (Å²) in [7, 11) is 0. The van der Waals surface area contributed by atoms with Gasteiger partial charge in [0, 0.05) is 49.6 Å². The summed E-state index contributed by atoms with van der Waals surface area (Å²) >= 11 is 0. The number of fused-ring (bicyclic) bond motifs is 10. The number of aromatic nitrogens is 8. The smallest absolute Gasteiger partial charge is 0.347 e. The van der Waals surface area contributed by atoms with Gasteiger partial charge < -0.3 is 28.7 Å². The molecule has 92 heavy (non-hydrogen) atoms. The van der Waals surface area contributed by atoms with Crippen molar-refractivity contribution in [3.05, 3.63) is 365 Å². The molecule has 440 valence electrons. The average Bonchev–Trinajstić information content (AvgIpc) is 3.13. The van der Waals surface area contributed by atoms with Crippen molar-refractivity contribution in [3.8, 4) is 45.0 Å². The molecule has 0 N–H and O–H groups in total. The first-order valence-electron chi connectivity index (χ1n) is 29.4. The first kappa shape index (κ1) is 62.6. The van der Waals surface area contributed by atoms with Gasteiger partial charge in [-0.15, -0.1) is 214 Å². The van der Waals surface area contributed by atoms with E-state index in [1.807, 2.05) is 252 Å². The van der Waals surface area contributed by atoms with Gasteiger partial charge in [-0.3, -0.25) is 9.97 Å². The number of imidazole rings is 2. The van der Waals surface area contributed by atoms with E-state index in [2.05, 4.69) is 139 Å². The molecular weight excluding hydrogens is 1480 g/mol. The quantitative estimate of drug-likeness (QED) is 0.163. The van der Waals surface area contributed by atoms with Gasteiger partial charge in [-0.2, -0.15) is 0 Å². The fourth-order valence-corrected chi connectivity index (χ4v) is 10.6. The van der Waals surface area contributed by atoms with E-state index < -0.39 is 0 Å². The summed E-state index contributed by atoms with van der Waals surface area (Å²) in [4.78, 5) is 26.3. The van der Waals surface area contributed by atoms with Gasteiger partial charge in [0.05, 0.1) is 11.3 Å². The minimum absolute atomic E-state index is 0. The summed E-state index contributed by atoms with van der Waals surface area (Å²) < 4.78 is 4.00. The van der Waals surface area contributed by atoms with Gasteiger partial charge in [0.2, 0.25) is 0 Å². The summed E-state index contributed by atoms with van der Waals surface area (Å²) in [6.07, 6.45) is 18.9. The summed E-state index contributed by atoms with van der Waals surface area (Å²) in [6.45, 7) is 0. The van der Waals surface area contributed by atoms with E-state index in [4.69, 9.17) is 0 Å². The molecule has 0 amide bonds. The zero-order valence-electron chi connectivity index (χ0n) is 49.4. The molecule has 10 heteroatoms. The van der Waals surface area contributed by atoms with Gasteiger partial charge in [-0.05, 0) is 103 Å². The molecule has 8 heterocycles. The molecule has 8 aromatic heterocycles. The van der Waals surface area contributed by atoms with E-state index in [1.54, 1.807) is 12.4 Å². The van der Waals surface area contributed by atoms with Crippen LogP contribution in [0.1, 0.15) is 0 Å². The number of pyridine rings is 6. The van der Waals surface area contributed by atoms with Crippen LogP contribution in [-0.4, -0.2) is 38.7 Å². The second-order valence-corrected chi connectivity index (χ2v) is 20.6. The van der Waals surface area contributed by atoms with Crippen LogP contribution in [-0.2, 0) is 40.2 Å². The zero-order chi connectivity index (χ0) is 60.5. The van der Waals surface area contributed by atoms with E-state index in [9.17, 15) is 0 Å². The Balaban J connectivity index is 0.000000113. The molecule has 0 saturated heterocycles. The Bertz CT molecular complexity index is 4750. The molecule has 0 saturated carbocycles. The van der Waals surface area contributed by atoms with Crippen molar-refractivity contribution >= 4 is 75.9 Å². The SMILES string of the molecule is [Ir+3].[Ir+3].[c-]1cccc2ccn3ccnc3c12.[c-]1cccc2ccn3ccnc3c12.[c-]1ccccc1-c1nccc2ccccc12.[c-]1ccccc1-c1nccc2ccccc12.[c-]1ccccc1-c1nccc2ccccc12.[c-]1ccccc1-c1nccc2ccccc12.